The fourth-order valence-corrected chi connectivity index (χ4v) is 4.54. The SMILES string of the molecule is NC(=O)C1c2ccccc2CN1C(=O)OCC1c2ccccc2-c2ccccc21. The molecule has 2 aliphatic rings. The first-order valence-corrected chi connectivity index (χ1v) is 9.64. The van der Waals surface area contributed by atoms with Gasteiger partial charge in [-0.25, -0.2) is 4.79 Å². The summed E-state index contributed by atoms with van der Waals surface area (Å²) < 4.78 is 5.71. The van der Waals surface area contributed by atoms with Gasteiger partial charge in [-0.05, 0) is 33.4 Å². The Balaban J connectivity index is 1.38. The Labute approximate surface area is 168 Å². The van der Waals surface area contributed by atoms with E-state index in [2.05, 4.69) is 24.3 Å². The second-order valence-corrected chi connectivity index (χ2v) is 7.44. The van der Waals surface area contributed by atoms with Crippen LogP contribution in [0.4, 0.5) is 4.79 Å². The third kappa shape index (κ3) is 2.78. The summed E-state index contributed by atoms with van der Waals surface area (Å²) in [4.78, 5) is 26.4. The number of carbonyl (C=O) groups excluding carboxylic acids is 2. The van der Waals surface area contributed by atoms with Crippen molar-refractivity contribution < 1.29 is 14.3 Å². The molecule has 29 heavy (non-hydrogen) atoms. The summed E-state index contributed by atoms with van der Waals surface area (Å²) in [6.45, 7) is 0.533. The fraction of sp³-hybridized carbons (Fsp3) is 0.167. The van der Waals surface area contributed by atoms with Gasteiger partial charge >= 0.3 is 6.09 Å². The van der Waals surface area contributed by atoms with Crippen LogP contribution in [0.25, 0.3) is 11.1 Å². The Hall–Kier alpha value is -3.60. The van der Waals surface area contributed by atoms with Gasteiger partial charge in [-0.3, -0.25) is 9.69 Å². The first kappa shape index (κ1) is 17.5. The van der Waals surface area contributed by atoms with Crippen molar-refractivity contribution >= 4 is 12.0 Å². The average molecular weight is 384 g/mol. The minimum atomic E-state index is -0.790. The van der Waals surface area contributed by atoms with E-state index in [4.69, 9.17) is 10.5 Å². The van der Waals surface area contributed by atoms with Gasteiger partial charge in [-0.15, -0.1) is 0 Å². The molecule has 1 heterocycles. The molecule has 144 valence electrons. The zero-order valence-electron chi connectivity index (χ0n) is 15.7. The quantitative estimate of drug-likeness (QED) is 0.742. The molecule has 3 aromatic carbocycles. The topological polar surface area (TPSA) is 72.6 Å². The number of benzene rings is 3. The van der Waals surface area contributed by atoms with Crippen molar-refractivity contribution in [1.82, 2.24) is 4.90 Å². The molecule has 1 unspecified atom stereocenters. The summed E-state index contributed by atoms with van der Waals surface area (Å²) in [5.74, 6) is -0.577. The van der Waals surface area contributed by atoms with Crippen LogP contribution in [0, 0.1) is 0 Å². The van der Waals surface area contributed by atoms with Crippen molar-refractivity contribution in [2.75, 3.05) is 6.61 Å². The van der Waals surface area contributed by atoms with Crippen LogP contribution in [-0.4, -0.2) is 23.5 Å². The minimum absolute atomic E-state index is 0.0247. The molecule has 1 aliphatic carbocycles. The molecule has 0 saturated carbocycles. The van der Waals surface area contributed by atoms with Gasteiger partial charge in [0.15, 0.2) is 0 Å². The molecule has 0 saturated heterocycles. The lowest BCUT2D eigenvalue weighted by Gasteiger charge is -2.23. The lowest BCUT2D eigenvalue weighted by Crippen LogP contribution is -2.38. The number of ether oxygens (including phenoxy) is 1. The van der Waals surface area contributed by atoms with Gasteiger partial charge in [0.05, 0.1) is 6.54 Å². The van der Waals surface area contributed by atoms with Crippen LogP contribution in [0.15, 0.2) is 72.8 Å². The summed E-state index contributed by atoms with van der Waals surface area (Å²) in [6.07, 6.45) is -0.521. The smallest absolute Gasteiger partial charge is 0.411 e. The van der Waals surface area contributed by atoms with E-state index >= 15 is 0 Å². The molecule has 2 N–H and O–H groups in total. The number of fused-ring (bicyclic) bond motifs is 4. The molecular weight excluding hydrogens is 364 g/mol. The van der Waals surface area contributed by atoms with E-state index in [1.165, 1.54) is 16.0 Å². The van der Waals surface area contributed by atoms with Gasteiger partial charge < -0.3 is 10.5 Å². The van der Waals surface area contributed by atoms with E-state index in [1.807, 2.05) is 48.5 Å². The highest BCUT2D eigenvalue weighted by molar-refractivity contribution is 5.87. The normalized spacial score (nSPS) is 16.8. The van der Waals surface area contributed by atoms with Crippen molar-refractivity contribution in [3.05, 3.63) is 95.1 Å². The van der Waals surface area contributed by atoms with Gasteiger partial charge in [-0.2, -0.15) is 0 Å². The third-order valence-electron chi connectivity index (χ3n) is 5.84. The number of rotatable bonds is 3. The van der Waals surface area contributed by atoms with Gasteiger partial charge in [0.25, 0.3) is 0 Å². The zero-order chi connectivity index (χ0) is 20.0. The molecule has 5 rings (SSSR count). The molecule has 2 amide bonds. The lowest BCUT2D eigenvalue weighted by molar-refractivity contribution is -0.122. The molecule has 0 radical (unpaired) electrons. The second kappa shape index (κ2) is 6.78. The molecule has 0 bridgehead atoms. The maximum Gasteiger partial charge on any atom is 0.411 e. The number of carbonyl (C=O) groups is 2. The molecule has 5 nitrogen and oxygen atoms in total. The number of primary amides is 1. The zero-order valence-corrected chi connectivity index (χ0v) is 15.7. The number of amides is 2. The summed E-state index contributed by atoms with van der Waals surface area (Å²) in [5, 5.41) is 0. The fourth-order valence-electron chi connectivity index (χ4n) is 4.54. The Morgan fingerprint density at radius 1 is 0.862 bits per heavy atom. The maximum atomic E-state index is 12.9. The van der Waals surface area contributed by atoms with Crippen molar-refractivity contribution in [2.45, 2.75) is 18.5 Å². The summed E-state index contributed by atoms with van der Waals surface area (Å²) in [6, 6.07) is 23.1. The average Bonchev–Trinajstić information content (AvgIpc) is 3.28. The van der Waals surface area contributed by atoms with Crippen LogP contribution in [0.1, 0.15) is 34.2 Å². The van der Waals surface area contributed by atoms with Gasteiger partial charge in [-0.1, -0.05) is 72.8 Å². The van der Waals surface area contributed by atoms with E-state index in [-0.39, 0.29) is 12.5 Å². The third-order valence-corrected chi connectivity index (χ3v) is 5.84. The molecule has 0 aromatic heterocycles. The van der Waals surface area contributed by atoms with Gasteiger partial charge in [0, 0.05) is 5.92 Å². The molecule has 1 aliphatic heterocycles. The van der Waals surface area contributed by atoms with E-state index in [0.29, 0.717) is 6.54 Å². The minimum Gasteiger partial charge on any atom is -0.448 e. The predicted molar refractivity (Wildman–Crippen MR) is 109 cm³/mol. The molecule has 3 aromatic rings. The predicted octanol–water partition coefficient (Wildman–Crippen LogP) is 3.98. The summed E-state index contributed by atoms with van der Waals surface area (Å²) in [5.41, 5.74) is 11.9. The number of nitrogens with zero attached hydrogens (tertiary/aromatic N) is 1. The molecular formula is C24H20N2O3. The van der Waals surface area contributed by atoms with E-state index < -0.39 is 18.0 Å². The number of hydrogen-bond donors (Lipinski definition) is 1. The monoisotopic (exact) mass is 384 g/mol. The Kier molecular flexibility index (Phi) is 4.09. The Morgan fingerprint density at radius 2 is 1.41 bits per heavy atom. The van der Waals surface area contributed by atoms with Crippen LogP contribution in [0.3, 0.4) is 0 Å². The highest BCUT2D eigenvalue weighted by Crippen LogP contribution is 2.44. The molecule has 0 spiro atoms. The van der Waals surface area contributed by atoms with Gasteiger partial charge in [0.1, 0.15) is 12.6 Å². The van der Waals surface area contributed by atoms with Crippen molar-refractivity contribution in [3.63, 3.8) is 0 Å². The van der Waals surface area contributed by atoms with Gasteiger partial charge in [0.2, 0.25) is 5.91 Å². The van der Waals surface area contributed by atoms with Crippen molar-refractivity contribution in [3.8, 4) is 11.1 Å². The van der Waals surface area contributed by atoms with E-state index in [9.17, 15) is 9.59 Å². The Bertz CT molecular complexity index is 1080. The largest absolute Gasteiger partial charge is 0.448 e. The number of nitrogens with two attached hydrogens (primary N) is 1. The summed E-state index contributed by atoms with van der Waals surface area (Å²) >= 11 is 0. The molecule has 0 fully saturated rings. The molecule has 1 atom stereocenters. The van der Waals surface area contributed by atoms with Crippen LogP contribution < -0.4 is 5.73 Å². The summed E-state index contributed by atoms with van der Waals surface area (Å²) in [7, 11) is 0. The first-order chi connectivity index (χ1) is 14.1. The maximum absolute atomic E-state index is 12.9. The van der Waals surface area contributed by atoms with Crippen LogP contribution >= 0.6 is 0 Å². The standard InChI is InChI=1S/C24H20N2O3/c25-23(27)22-16-8-2-1-7-15(16)13-26(22)24(28)29-14-21-19-11-5-3-9-17(19)18-10-4-6-12-20(18)21/h1-12,21-22H,13-14H2,(H2,25,27). The Morgan fingerprint density at radius 3 is 2.03 bits per heavy atom. The highest BCUT2D eigenvalue weighted by Gasteiger charge is 2.38. The highest BCUT2D eigenvalue weighted by atomic mass is 16.6. The van der Waals surface area contributed by atoms with Crippen LogP contribution in [0.2, 0.25) is 0 Å². The van der Waals surface area contributed by atoms with E-state index in [0.717, 1.165) is 22.3 Å². The van der Waals surface area contributed by atoms with Crippen molar-refractivity contribution in [1.29, 1.82) is 0 Å². The molecule has 5 heteroatoms. The second-order valence-electron chi connectivity index (χ2n) is 7.44. The van der Waals surface area contributed by atoms with Crippen LogP contribution in [0.5, 0.6) is 0 Å². The van der Waals surface area contributed by atoms with E-state index in [1.54, 1.807) is 0 Å². The first-order valence-electron chi connectivity index (χ1n) is 9.64. The number of hydrogen-bond acceptors (Lipinski definition) is 3. The van der Waals surface area contributed by atoms with Crippen LogP contribution in [-0.2, 0) is 16.1 Å². The van der Waals surface area contributed by atoms with Crippen molar-refractivity contribution in [2.24, 2.45) is 5.73 Å². The lowest BCUT2D eigenvalue weighted by atomic mass is 9.98.